The predicted molar refractivity (Wildman–Crippen MR) is 88.7 cm³/mol. The Morgan fingerprint density at radius 3 is 2.17 bits per heavy atom. The first-order chi connectivity index (χ1) is 11.5. The number of benzene rings is 1. The fourth-order valence-electron chi connectivity index (χ4n) is 3.24. The van der Waals surface area contributed by atoms with E-state index in [4.69, 9.17) is 5.26 Å². The number of hydrogen-bond acceptors (Lipinski definition) is 4. The molecule has 1 aromatic rings. The van der Waals surface area contributed by atoms with Gasteiger partial charge in [-0.05, 0) is 49.9 Å². The van der Waals surface area contributed by atoms with E-state index in [1.165, 1.54) is 16.4 Å². The number of amides is 1. The average molecular weight is 347 g/mol. The fourth-order valence-corrected chi connectivity index (χ4v) is 4.76. The summed E-state index contributed by atoms with van der Waals surface area (Å²) in [6.07, 6.45) is 3.19. The first-order valence-electron chi connectivity index (χ1n) is 8.31. The molecule has 2 heterocycles. The highest BCUT2D eigenvalue weighted by molar-refractivity contribution is 7.89. The summed E-state index contributed by atoms with van der Waals surface area (Å²) in [5, 5.41) is 8.92. The van der Waals surface area contributed by atoms with Gasteiger partial charge in [-0.15, -0.1) is 0 Å². The van der Waals surface area contributed by atoms with Crippen molar-refractivity contribution in [1.82, 2.24) is 9.21 Å². The number of nitriles is 1. The zero-order valence-corrected chi connectivity index (χ0v) is 14.3. The summed E-state index contributed by atoms with van der Waals surface area (Å²) in [5.74, 6) is -0.0708. The lowest BCUT2D eigenvalue weighted by atomic mass is 9.98. The minimum Gasteiger partial charge on any atom is -0.339 e. The molecule has 7 heteroatoms. The Morgan fingerprint density at radius 2 is 1.62 bits per heavy atom. The van der Waals surface area contributed by atoms with Crippen LogP contribution in [0.5, 0.6) is 0 Å². The van der Waals surface area contributed by atoms with Crippen molar-refractivity contribution in [1.29, 1.82) is 5.26 Å². The molecule has 0 N–H and O–H groups in total. The van der Waals surface area contributed by atoms with Crippen LogP contribution in [0.1, 0.15) is 36.0 Å². The topological polar surface area (TPSA) is 81.5 Å². The number of carbonyl (C=O) groups is 1. The summed E-state index contributed by atoms with van der Waals surface area (Å²) in [6.45, 7) is 2.28. The van der Waals surface area contributed by atoms with E-state index >= 15 is 0 Å². The Labute approximate surface area is 142 Å². The highest BCUT2D eigenvalue weighted by Crippen LogP contribution is 2.22. The van der Waals surface area contributed by atoms with Gasteiger partial charge in [0, 0.05) is 37.7 Å². The molecule has 1 amide bonds. The summed E-state index contributed by atoms with van der Waals surface area (Å²) in [7, 11) is -3.44. The Balaban J connectivity index is 1.70. The minimum atomic E-state index is -3.44. The van der Waals surface area contributed by atoms with E-state index in [1.54, 1.807) is 17.0 Å². The Morgan fingerprint density at radius 1 is 1.04 bits per heavy atom. The number of nitrogens with zero attached hydrogens (tertiary/aromatic N) is 3. The quantitative estimate of drug-likeness (QED) is 0.835. The predicted octanol–water partition coefficient (Wildman–Crippen LogP) is 1.85. The molecule has 0 spiro atoms. The molecule has 0 aliphatic carbocycles. The van der Waals surface area contributed by atoms with Crippen molar-refractivity contribution in [3.8, 4) is 6.07 Å². The summed E-state index contributed by atoms with van der Waals surface area (Å²) in [4.78, 5) is 14.5. The van der Waals surface area contributed by atoms with E-state index < -0.39 is 10.0 Å². The van der Waals surface area contributed by atoms with Crippen LogP contribution >= 0.6 is 0 Å². The lowest BCUT2D eigenvalue weighted by molar-refractivity contribution is 0.0707. The second-order valence-corrected chi connectivity index (χ2v) is 8.27. The first-order valence-corrected chi connectivity index (χ1v) is 9.75. The highest BCUT2D eigenvalue weighted by Gasteiger charge is 2.28. The van der Waals surface area contributed by atoms with Crippen molar-refractivity contribution in [3.05, 3.63) is 29.8 Å². The van der Waals surface area contributed by atoms with Gasteiger partial charge in [0.2, 0.25) is 10.0 Å². The zero-order valence-electron chi connectivity index (χ0n) is 13.5. The smallest absolute Gasteiger partial charge is 0.253 e. The van der Waals surface area contributed by atoms with Crippen LogP contribution in [0.4, 0.5) is 0 Å². The van der Waals surface area contributed by atoms with Crippen LogP contribution in [0.2, 0.25) is 0 Å². The van der Waals surface area contributed by atoms with Gasteiger partial charge in [0.1, 0.15) is 0 Å². The lowest BCUT2D eigenvalue weighted by Crippen LogP contribution is -2.38. The van der Waals surface area contributed by atoms with E-state index in [9.17, 15) is 13.2 Å². The van der Waals surface area contributed by atoms with Crippen molar-refractivity contribution in [3.63, 3.8) is 0 Å². The molecule has 1 aromatic carbocycles. The van der Waals surface area contributed by atoms with Crippen molar-refractivity contribution in [2.75, 3.05) is 26.2 Å². The molecule has 0 saturated carbocycles. The van der Waals surface area contributed by atoms with Crippen LogP contribution in [0.15, 0.2) is 29.2 Å². The van der Waals surface area contributed by atoms with Crippen molar-refractivity contribution >= 4 is 15.9 Å². The van der Waals surface area contributed by atoms with Gasteiger partial charge in [-0.25, -0.2) is 8.42 Å². The molecule has 24 heavy (non-hydrogen) atoms. The zero-order chi connectivity index (χ0) is 17.2. The summed E-state index contributed by atoms with van der Waals surface area (Å²) in [5.41, 5.74) is 0.491. The second-order valence-electron chi connectivity index (χ2n) is 6.33. The number of rotatable bonds is 3. The van der Waals surface area contributed by atoms with E-state index in [-0.39, 0.29) is 16.7 Å². The van der Waals surface area contributed by atoms with Gasteiger partial charge in [0.25, 0.3) is 5.91 Å². The Hall–Kier alpha value is -1.91. The molecule has 2 aliphatic rings. The van der Waals surface area contributed by atoms with E-state index in [2.05, 4.69) is 6.07 Å². The van der Waals surface area contributed by atoms with E-state index in [0.717, 1.165) is 12.8 Å². The van der Waals surface area contributed by atoms with Crippen molar-refractivity contribution in [2.45, 2.75) is 30.6 Å². The first kappa shape index (κ1) is 16.9. The number of hydrogen-bond donors (Lipinski definition) is 0. The van der Waals surface area contributed by atoms with Gasteiger partial charge in [-0.3, -0.25) is 4.79 Å². The molecule has 128 valence electrons. The summed E-state index contributed by atoms with van der Waals surface area (Å²) >= 11 is 0. The normalized spacial score (nSPS) is 20.0. The largest absolute Gasteiger partial charge is 0.339 e. The van der Waals surface area contributed by atoms with Gasteiger partial charge in [0.15, 0.2) is 0 Å². The maximum absolute atomic E-state index is 12.5. The van der Waals surface area contributed by atoms with Gasteiger partial charge in [0.05, 0.1) is 11.0 Å². The van der Waals surface area contributed by atoms with Gasteiger partial charge in [-0.1, -0.05) is 0 Å². The van der Waals surface area contributed by atoms with E-state index in [1.807, 2.05) is 0 Å². The Bertz CT molecular complexity index is 738. The number of sulfonamides is 1. The highest BCUT2D eigenvalue weighted by atomic mass is 32.2. The molecule has 0 aromatic heterocycles. The van der Waals surface area contributed by atoms with Crippen LogP contribution in [-0.4, -0.2) is 49.7 Å². The van der Waals surface area contributed by atoms with Gasteiger partial charge < -0.3 is 4.90 Å². The molecular weight excluding hydrogens is 326 g/mol. The minimum absolute atomic E-state index is 0.0297. The maximum Gasteiger partial charge on any atom is 0.253 e. The standard InChI is InChI=1S/C17H21N3O3S/c18-13-14-7-11-19(12-8-14)17(21)15-3-5-16(6-4-15)24(22,23)20-9-1-2-10-20/h3-6,14H,1-2,7-12H2. The summed E-state index contributed by atoms with van der Waals surface area (Å²) < 4.78 is 26.5. The second kappa shape index (κ2) is 6.91. The molecule has 2 aliphatic heterocycles. The lowest BCUT2D eigenvalue weighted by Gasteiger charge is -2.29. The van der Waals surface area contributed by atoms with Crippen molar-refractivity contribution < 1.29 is 13.2 Å². The van der Waals surface area contributed by atoms with Gasteiger partial charge >= 0.3 is 0 Å². The monoisotopic (exact) mass is 347 g/mol. The van der Waals surface area contributed by atoms with E-state index in [0.29, 0.717) is 44.6 Å². The average Bonchev–Trinajstić information content (AvgIpc) is 3.17. The van der Waals surface area contributed by atoms with Crippen LogP contribution in [0.3, 0.4) is 0 Å². The molecule has 0 bridgehead atoms. The van der Waals surface area contributed by atoms with Crippen LogP contribution in [0.25, 0.3) is 0 Å². The van der Waals surface area contributed by atoms with Crippen molar-refractivity contribution in [2.24, 2.45) is 5.92 Å². The van der Waals surface area contributed by atoms with Crippen LogP contribution in [0, 0.1) is 17.2 Å². The fraction of sp³-hybridized carbons (Fsp3) is 0.529. The summed E-state index contributed by atoms with van der Waals surface area (Å²) in [6, 6.07) is 8.45. The SMILES string of the molecule is N#CC1CCN(C(=O)c2ccc(S(=O)(=O)N3CCCC3)cc2)CC1. The third-order valence-corrected chi connectivity index (χ3v) is 6.68. The maximum atomic E-state index is 12.5. The molecule has 2 saturated heterocycles. The van der Waals surface area contributed by atoms with Gasteiger partial charge in [-0.2, -0.15) is 9.57 Å². The molecule has 6 nitrogen and oxygen atoms in total. The number of piperidine rings is 1. The third-order valence-electron chi connectivity index (χ3n) is 4.77. The van der Waals surface area contributed by atoms with Crippen LogP contribution in [-0.2, 0) is 10.0 Å². The Kier molecular flexibility index (Phi) is 4.88. The molecule has 2 fully saturated rings. The molecule has 0 radical (unpaired) electrons. The van der Waals surface area contributed by atoms with Crippen LogP contribution < -0.4 is 0 Å². The third kappa shape index (κ3) is 3.30. The molecular formula is C17H21N3O3S. The number of likely N-dealkylation sites (tertiary alicyclic amines) is 1. The molecule has 3 rings (SSSR count). The molecule has 0 unspecified atom stereocenters. The number of carbonyl (C=O) groups excluding carboxylic acids is 1. The molecule has 0 atom stereocenters.